The normalized spacial score (nSPS) is 35.5. The van der Waals surface area contributed by atoms with Gasteiger partial charge in [0.25, 0.3) is 0 Å². The Balaban J connectivity index is 1.91. The van der Waals surface area contributed by atoms with Gasteiger partial charge in [0.15, 0.2) is 0 Å². The first-order chi connectivity index (χ1) is 10.0. The number of nitrogens with one attached hydrogen (secondary N) is 1. The summed E-state index contributed by atoms with van der Waals surface area (Å²) < 4.78 is 5.45. The Morgan fingerprint density at radius 1 is 1.33 bits per heavy atom. The van der Waals surface area contributed by atoms with Gasteiger partial charge in [-0.2, -0.15) is 0 Å². The number of nitrogens with zero attached hydrogens (tertiary/aromatic N) is 1. The molecule has 2 amide bonds. The summed E-state index contributed by atoms with van der Waals surface area (Å²) >= 11 is 0. The van der Waals surface area contributed by atoms with Crippen LogP contribution in [0.3, 0.4) is 0 Å². The number of hydrogen-bond donors (Lipinski definition) is 1. The van der Waals surface area contributed by atoms with Gasteiger partial charge in [-0.25, -0.2) is 0 Å². The van der Waals surface area contributed by atoms with E-state index in [4.69, 9.17) is 4.74 Å². The molecule has 1 spiro atoms. The molecule has 2 aliphatic heterocycles. The van der Waals surface area contributed by atoms with Crippen LogP contribution in [-0.4, -0.2) is 47.6 Å². The van der Waals surface area contributed by atoms with Crippen molar-refractivity contribution in [2.24, 2.45) is 5.92 Å². The van der Waals surface area contributed by atoms with Gasteiger partial charge in [-0.3, -0.25) is 9.59 Å². The Morgan fingerprint density at radius 3 is 2.62 bits per heavy atom. The number of hydrogen-bond acceptors (Lipinski definition) is 3. The summed E-state index contributed by atoms with van der Waals surface area (Å²) in [4.78, 5) is 27.7. The van der Waals surface area contributed by atoms with E-state index in [0.29, 0.717) is 25.5 Å². The van der Waals surface area contributed by atoms with Gasteiger partial charge in [0.2, 0.25) is 11.8 Å². The summed E-state index contributed by atoms with van der Waals surface area (Å²) in [6.45, 7) is 5.97. The lowest BCUT2D eigenvalue weighted by atomic mass is 9.82. The minimum absolute atomic E-state index is 0.0582. The van der Waals surface area contributed by atoms with Crippen LogP contribution in [0.25, 0.3) is 0 Å². The largest absolute Gasteiger partial charge is 0.381 e. The van der Waals surface area contributed by atoms with E-state index in [-0.39, 0.29) is 11.8 Å². The lowest BCUT2D eigenvalue weighted by Crippen LogP contribution is -2.74. The van der Waals surface area contributed by atoms with Crippen LogP contribution in [0.1, 0.15) is 52.4 Å². The average molecular weight is 294 g/mol. The molecule has 118 valence electrons. The predicted octanol–water partition coefficient (Wildman–Crippen LogP) is 1.46. The summed E-state index contributed by atoms with van der Waals surface area (Å²) in [5.74, 6) is 0.527. The Bertz CT molecular complexity index is 439. The molecule has 0 aromatic heterocycles. The predicted molar refractivity (Wildman–Crippen MR) is 78.7 cm³/mol. The molecule has 1 N–H and O–H groups in total. The van der Waals surface area contributed by atoms with Crippen molar-refractivity contribution in [3.05, 3.63) is 0 Å². The maximum absolute atomic E-state index is 13.0. The van der Waals surface area contributed by atoms with Crippen LogP contribution in [0.2, 0.25) is 0 Å². The lowest BCUT2D eigenvalue weighted by Gasteiger charge is -2.50. The van der Waals surface area contributed by atoms with Crippen molar-refractivity contribution in [3.63, 3.8) is 0 Å². The molecule has 3 rings (SSSR count). The molecule has 3 aliphatic rings. The van der Waals surface area contributed by atoms with Crippen LogP contribution >= 0.6 is 0 Å². The molecular formula is C16H26N2O3. The minimum Gasteiger partial charge on any atom is -0.381 e. The third-order valence-corrected chi connectivity index (χ3v) is 5.65. The summed E-state index contributed by atoms with van der Waals surface area (Å²) in [5.41, 5.74) is -1.33. The molecule has 2 atom stereocenters. The fraction of sp³-hybridized carbons (Fsp3) is 0.875. The standard InChI is InChI=1S/C16H26N2O3/c1-3-15(2)14(20)18(10-12-6-9-21-11-12)16(13(19)17-15)7-4-5-8-16/h12H,3-11H2,1-2H3,(H,17,19). The maximum atomic E-state index is 13.0. The van der Waals surface area contributed by atoms with E-state index in [0.717, 1.165) is 38.7 Å². The minimum atomic E-state index is -0.746. The molecule has 5 nitrogen and oxygen atoms in total. The molecule has 0 aromatic carbocycles. The van der Waals surface area contributed by atoms with Crippen LogP contribution in [0.15, 0.2) is 0 Å². The van der Waals surface area contributed by atoms with Gasteiger partial charge in [-0.05, 0) is 32.6 Å². The summed E-state index contributed by atoms with van der Waals surface area (Å²) in [5, 5.41) is 3.02. The van der Waals surface area contributed by atoms with Crippen LogP contribution < -0.4 is 5.32 Å². The van der Waals surface area contributed by atoms with Crippen LogP contribution in [0.5, 0.6) is 0 Å². The third-order valence-electron chi connectivity index (χ3n) is 5.65. The molecule has 1 aliphatic carbocycles. The van der Waals surface area contributed by atoms with Gasteiger partial charge in [0.05, 0.1) is 6.61 Å². The summed E-state index contributed by atoms with van der Waals surface area (Å²) in [6.07, 6.45) is 5.29. The van der Waals surface area contributed by atoms with Crippen LogP contribution in [-0.2, 0) is 14.3 Å². The topological polar surface area (TPSA) is 58.6 Å². The van der Waals surface area contributed by atoms with E-state index in [1.165, 1.54) is 0 Å². The molecule has 2 unspecified atom stereocenters. The molecule has 0 aromatic rings. The zero-order chi connectivity index (χ0) is 15.1. The van der Waals surface area contributed by atoms with E-state index in [2.05, 4.69) is 5.32 Å². The Hall–Kier alpha value is -1.10. The van der Waals surface area contributed by atoms with Crippen molar-refractivity contribution in [2.45, 2.75) is 63.5 Å². The third kappa shape index (κ3) is 2.26. The number of rotatable bonds is 3. The molecular weight excluding hydrogens is 268 g/mol. The number of carbonyl (C=O) groups is 2. The van der Waals surface area contributed by atoms with Crippen molar-refractivity contribution >= 4 is 11.8 Å². The Labute approximate surface area is 126 Å². The fourth-order valence-corrected chi connectivity index (χ4v) is 3.97. The SMILES string of the molecule is CCC1(C)NC(=O)C2(CCCC2)N(CC2CCOC2)C1=O. The van der Waals surface area contributed by atoms with Crippen molar-refractivity contribution < 1.29 is 14.3 Å². The zero-order valence-electron chi connectivity index (χ0n) is 13.1. The molecule has 1 saturated carbocycles. The smallest absolute Gasteiger partial charge is 0.248 e. The fourth-order valence-electron chi connectivity index (χ4n) is 3.97. The quantitative estimate of drug-likeness (QED) is 0.857. The lowest BCUT2D eigenvalue weighted by molar-refractivity contribution is -0.163. The van der Waals surface area contributed by atoms with E-state index in [9.17, 15) is 9.59 Å². The van der Waals surface area contributed by atoms with E-state index < -0.39 is 11.1 Å². The average Bonchev–Trinajstić information content (AvgIpc) is 3.14. The van der Waals surface area contributed by atoms with Crippen molar-refractivity contribution in [3.8, 4) is 0 Å². The highest BCUT2D eigenvalue weighted by Gasteiger charge is 2.57. The van der Waals surface area contributed by atoms with Crippen molar-refractivity contribution in [1.29, 1.82) is 0 Å². The molecule has 2 heterocycles. The van der Waals surface area contributed by atoms with Gasteiger partial charge in [0.1, 0.15) is 11.1 Å². The van der Waals surface area contributed by atoms with Crippen molar-refractivity contribution in [2.75, 3.05) is 19.8 Å². The second-order valence-electron chi connectivity index (χ2n) is 7.02. The van der Waals surface area contributed by atoms with Gasteiger partial charge in [-0.15, -0.1) is 0 Å². The molecule has 0 bridgehead atoms. The Morgan fingerprint density at radius 2 is 2.05 bits per heavy atom. The van der Waals surface area contributed by atoms with Gasteiger partial charge in [0, 0.05) is 19.1 Å². The van der Waals surface area contributed by atoms with Gasteiger partial charge < -0.3 is 15.0 Å². The van der Waals surface area contributed by atoms with Crippen LogP contribution in [0.4, 0.5) is 0 Å². The second-order valence-corrected chi connectivity index (χ2v) is 7.02. The first-order valence-electron chi connectivity index (χ1n) is 8.24. The van der Waals surface area contributed by atoms with Gasteiger partial charge in [-0.1, -0.05) is 19.8 Å². The molecule has 2 saturated heterocycles. The van der Waals surface area contributed by atoms with Crippen LogP contribution in [0, 0.1) is 5.92 Å². The number of ether oxygens (including phenoxy) is 1. The maximum Gasteiger partial charge on any atom is 0.248 e. The zero-order valence-corrected chi connectivity index (χ0v) is 13.1. The Kier molecular flexibility index (Phi) is 3.72. The highest BCUT2D eigenvalue weighted by atomic mass is 16.5. The first kappa shape index (κ1) is 14.8. The number of carbonyl (C=O) groups excluding carboxylic acids is 2. The first-order valence-corrected chi connectivity index (χ1v) is 8.24. The van der Waals surface area contributed by atoms with Crippen molar-refractivity contribution in [1.82, 2.24) is 10.2 Å². The summed E-state index contributed by atoms with van der Waals surface area (Å²) in [6, 6.07) is 0. The number of amides is 2. The molecule has 3 fully saturated rings. The second kappa shape index (κ2) is 5.27. The summed E-state index contributed by atoms with van der Waals surface area (Å²) in [7, 11) is 0. The van der Waals surface area contributed by atoms with E-state index in [1.807, 2.05) is 18.7 Å². The molecule has 5 heteroatoms. The highest BCUT2D eigenvalue weighted by molar-refractivity contribution is 6.02. The van der Waals surface area contributed by atoms with Gasteiger partial charge >= 0.3 is 0 Å². The van der Waals surface area contributed by atoms with E-state index in [1.54, 1.807) is 0 Å². The van der Waals surface area contributed by atoms with E-state index >= 15 is 0 Å². The monoisotopic (exact) mass is 294 g/mol. The highest BCUT2D eigenvalue weighted by Crippen LogP contribution is 2.41. The molecule has 0 radical (unpaired) electrons. The number of piperazine rings is 1. The molecule has 21 heavy (non-hydrogen) atoms.